The molecule has 0 bridgehead atoms. The van der Waals surface area contributed by atoms with E-state index in [0.717, 1.165) is 12.8 Å². The fraction of sp³-hybridized carbons (Fsp3) is 0.462. The van der Waals surface area contributed by atoms with Gasteiger partial charge in [-0.15, -0.1) is 11.6 Å². The second kappa shape index (κ2) is 8.43. The number of benzene rings is 1. The SMILES string of the molecule is O=C(O)CC(O)c1ccc(OCCCCCl)cc1[N+](=O)[O-]. The topological polar surface area (TPSA) is 110 Å². The van der Waals surface area contributed by atoms with Crippen LogP contribution in [0.2, 0.25) is 0 Å². The van der Waals surface area contributed by atoms with Crippen LogP contribution in [-0.2, 0) is 4.79 Å². The number of carboxylic acid groups (broad SMARTS) is 1. The molecular formula is C13H16ClNO6. The first-order chi connectivity index (χ1) is 9.95. The van der Waals surface area contributed by atoms with Crippen LogP contribution in [0.5, 0.6) is 5.75 Å². The van der Waals surface area contributed by atoms with Gasteiger partial charge in [0.15, 0.2) is 0 Å². The molecule has 0 heterocycles. The maximum Gasteiger partial charge on any atom is 0.306 e. The molecule has 8 heteroatoms. The fourth-order valence-corrected chi connectivity index (χ4v) is 1.90. The summed E-state index contributed by atoms with van der Waals surface area (Å²) in [5.41, 5.74) is -0.408. The van der Waals surface area contributed by atoms with E-state index in [-0.39, 0.29) is 11.3 Å². The molecule has 1 unspecified atom stereocenters. The number of unbranched alkanes of at least 4 members (excludes halogenated alkanes) is 1. The summed E-state index contributed by atoms with van der Waals surface area (Å²) in [6.45, 7) is 0.376. The van der Waals surface area contributed by atoms with E-state index in [1.54, 1.807) is 0 Å². The van der Waals surface area contributed by atoms with E-state index in [1.165, 1.54) is 18.2 Å². The van der Waals surface area contributed by atoms with Crippen LogP contribution >= 0.6 is 11.6 Å². The predicted molar refractivity (Wildman–Crippen MR) is 75.8 cm³/mol. The van der Waals surface area contributed by atoms with Crippen molar-refractivity contribution in [2.24, 2.45) is 0 Å². The second-order valence-corrected chi connectivity index (χ2v) is 4.71. The number of nitrogens with zero attached hydrogens (tertiary/aromatic N) is 1. The summed E-state index contributed by atoms with van der Waals surface area (Å²) in [6, 6.07) is 3.96. The van der Waals surface area contributed by atoms with Crippen molar-refractivity contribution < 1.29 is 24.7 Å². The molecule has 21 heavy (non-hydrogen) atoms. The lowest BCUT2D eigenvalue weighted by Crippen LogP contribution is -2.08. The molecule has 0 saturated carbocycles. The van der Waals surface area contributed by atoms with Crippen LogP contribution in [0.25, 0.3) is 0 Å². The van der Waals surface area contributed by atoms with Crippen molar-refractivity contribution in [2.75, 3.05) is 12.5 Å². The van der Waals surface area contributed by atoms with Crippen molar-refractivity contribution in [3.8, 4) is 5.75 Å². The molecule has 7 nitrogen and oxygen atoms in total. The third kappa shape index (κ3) is 5.57. The average molecular weight is 318 g/mol. The standard InChI is InChI=1S/C13H16ClNO6/c14-5-1-2-6-21-9-3-4-10(11(7-9)15(19)20)12(16)8-13(17)18/h3-4,7,12,16H,1-2,5-6,8H2,(H,17,18). The number of ether oxygens (including phenoxy) is 1. The minimum absolute atomic E-state index is 0.0458. The molecule has 1 rings (SSSR count). The van der Waals surface area contributed by atoms with Crippen LogP contribution in [0.1, 0.15) is 30.9 Å². The highest BCUT2D eigenvalue weighted by molar-refractivity contribution is 6.17. The molecule has 0 radical (unpaired) electrons. The summed E-state index contributed by atoms with van der Waals surface area (Å²) in [5, 5.41) is 29.4. The first kappa shape index (κ1) is 17.2. The quantitative estimate of drug-likeness (QED) is 0.313. The number of aliphatic hydroxyl groups is 1. The smallest absolute Gasteiger partial charge is 0.306 e. The van der Waals surface area contributed by atoms with Gasteiger partial charge in [0.25, 0.3) is 5.69 Å². The Bertz CT molecular complexity index is 507. The number of aliphatic hydroxyl groups excluding tert-OH is 1. The second-order valence-electron chi connectivity index (χ2n) is 4.34. The van der Waals surface area contributed by atoms with Gasteiger partial charge in [0, 0.05) is 5.88 Å². The van der Waals surface area contributed by atoms with E-state index < -0.39 is 23.4 Å². The zero-order chi connectivity index (χ0) is 15.8. The monoisotopic (exact) mass is 317 g/mol. The van der Waals surface area contributed by atoms with Crippen LogP contribution in [0.4, 0.5) is 5.69 Å². The molecule has 0 aromatic heterocycles. The lowest BCUT2D eigenvalue weighted by molar-refractivity contribution is -0.386. The Morgan fingerprint density at radius 1 is 1.43 bits per heavy atom. The van der Waals surface area contributed by atoms with E-state index in [4.69, 9.17) is 21.4 Å². The maximum atomic E-state index is 11.0. The van der Waals surface area contributed by atoms with Crippen LogP contribution in [0, 0.1) is 10.1 Å². The molecule has 1 aromatic rings. The van der Waals surface area contributed by atoms with Gasteiger partial charge < -0.3 is 14.9 Å². The van der Waals surface area contributed by atoms with Gasteiger partial charge in [0.1, 0.15) is 5.75 Å². The van der Waals surface area contributed by atoms with E-state index in [1.807, 2.05) is 0 Å². The van der Waals surface area contributed by atoms with Gasteiger partial charge in [-0.1, -0.05) is 0 Å². The number of alkyl halides is 1. The minimum atomic E-state index is -1.44. The molecule has 1 aromatic carbocycles. The van der Waals surface area contributed by atoms with Gasteiger partial charge in [0.2, 0.25) is 0 Å². The molecule has 116 valence electrons. The Morgan fingerprint density at radius 3 is 2.71 bits per heavy atom. The lowest BCUT2D eigenvalue weighted by Gasteiger charge is -2.11. The number of aliphatic carboxylic acids is 1. The summed E-state index contributed by atoms with van der Waals surface area (Å²) in [5.74, 6) is -0.426. The first-order valence-corrected chi connectivity index (χ1v) is 6.86. The van der Waals surface area contributed by atoms with Crippen LogP contribution in [0.15, 0.2) is 18.2 Å². The van der Waals surface area contributed by atoms with E-state index >= 15 is 0 Å². The number of nitro benzene ring substituents is 1. The molecule has 2 N–H and O–H groups in total. The molecule has 0 saturated heterocycles. The van der Waals surface area contributed by atoms with Gasteiger partial charge >= 0.3 is 5.97 Å². The Labute approximate surface area is 126 Å². The van der Waals surface area contributed by atoms with Crippen molar-refractivity contribution >= 4 is 23.3 Å². The predicted octanol–water partition coefficient (Wildman–Crippen LogP) is 2.50. The molecule has 0 fully saturated rings. The van der Waals surface area contributed by atoms with Crippen molar-refractivity contribution in [2.45, 2.75) is 25.4 Å². The normalized spacial score (nSPS) is 11.9. The third-order valence-electron chi connectivity index (χ3n) is 2.72. The van der Waals surface area contributed by atoms with Crippen molar-refractivity contribution in [1.82, 2.24) is 0 Å². The Hall–Kier alpha value is -1.86. The van der Waals surface area contributed by atoms with Crippen molar-refractivity contribution in [1.29, 1.82) is 0 Å². The largest absolute Gasteiger partial charge is 0.493 e. The van der Waals surface area contributed by atoms with Crippen molar-refractivity contribution in [3.63, 3.8) is 0 Å². The Morgan fingerprint density at radius 2 is 2.14 bits per heavy atom. The summed E-state index contributed by atoms with van der Waals surface area (Å²) >= 11 is 5.53. The Kier molecular flexibility index (Phi) is 6.90. The van der Waals surface area contributed by atoms with Gasteiger partial charge in [-0.25, -0.2) is 0 Å². The molecule has 0 amide bonds. The van der Waals surface area contributed by atoms with E-state index in [2.05, 4.69) is 0 Å². The van der Waals surface area contributed by atoms with Gasteiger partial charge in [-0.2, -0.15) is 0 Å². The van der Waals surface area contributed by atoms with E-state index in [0.29, 0.717) is 18.2 Å². The van der Waals surface area contributed by atoms with Crippen molar-refractivity contribution in [3.05, 3.63) is 33.9 Å². The average Bonchev–Trinajstić information content (AvgIpc) is 2.42. The summed E-state index contributed by atoms with van der Waals surface area (Å²) in [6.07, 6.45) is -0.538. The zero-order valence-electron chi connectivity index (χ0n) is 11.2. The maximum absolute atomic E-state index is 11.0. The minimum Gasteiger partial charge on any atom is -0.493 e. The van der Waals surface area contributed by atoms with Gasteiger partial charge in [-0.3, -0.25) is 14.9 Å². The number of hydrogen-bond donors (Lipinski definition) is 2. The number of rotatable bonds is 9. The third-order valence-corrected chi connectivity index (χ3v) is 2.99. The highest BCUT2D eigenvalue weighted by Crippen LogP contribution is 2.31. The van der Waals surface area contributed by atoms with Gasteiger partial charge in [0.05, 0.1) is 35.7 Å². The summed E-state index contributed by atoms with van der Waals surface area (Å²) in [4.78, 5) is 20.9. The first-order valence-electron chi connectivity index (χ1n) is 6.32. The summed E-state index contributed by atoms with van der Waals surface area (Å²) < 4.78 is 5.35. The number of carboxylic acids is 1. The number of nitro groups is 1. The number of carbonyl (C=O) groups is 1. The highest BCUT2D eigenvalue weighted by Gasteiger charge is 2.23. The zero-order valence-corrected chi connectivity index (χ0v) is 12.0. The Balaban J connectivity index is 2.86. The number of hydrogen-bond acceptors (Lipinski definition) is 5. The van der Waals surface area contributed by atoms with Crippen LogP contribution in [0.3, 0.4) is 0 Å². The van der Waals surface area contributed by atoms with Crippen LogP contribution in [-0.4, -0.2) is 33.6 Å². The molecule has 0 aliphatic carbocycles. The van der Waals surface area contributed by atoms with Gasteiger partial charge in [-0.05, 0) is 25.0 Å². The fourth-order valence-electron chi connectivity index (χ4n) is 1.72. The number of halogens is 1. The molecule has 0 spiro atoms. The molecular weight excluding hydrogens is 302 g/mol. The van der Waals surface area contributed by atoms with E-state index in [9.17, 15) is 20.0 Å². The molecule has 0 aliphatic rings. The highest BCUT2D eigenvalue weighted by atomic mass is 35.5. The molecule has 0 aliphatic heterocycles. The molecule has 1 atom stereocenters. The van der Waals surface area contributed by atoms with Crippen LogP contribution < -0.4 is 4.74 Å². The lowest BCUT2D eigenvalue weighted by atomic mass is 10.0. The summed E-state index contributed by atoms with van der Waals surface area (Å²) in [7, 11) is 0.